The number of sulfonamides is 1. The lowest BCUT2D eigenvalue weighted by molar-refractivity contribution is 0.601. The lowest BCUT2D eigenvalue weighted by Crippen LogP contribution is -2.14. The van der Waals surface area contributed by atoms with Crippen molar-refractivity contribution in [2.75, 3.05) is 10.5 Å². The fourth-order valence-corrected chi connectivity index (χ4v) is 2.88. The maximum Gasteiger partial charge on any atom is 0.263 e. The first-order valence-electron chi connectivity index (χ1n) is 6.26. The molecular weight excluding hydrogens is 274 g/mol. The highest BCUT2D eigenvalue weighted by Gasteiger charge is 2.16. The van der Waals surface area contributed by atoms with E-state index in [0.29, 0.717) is 11.5 Å². The number of anilines is 2. The predicted molar refractivity (Wildman–Crippen MR) is 80.0 cm³/mol. The van der Waals surface area contributed by atoms with Crippen LogP contribution in [0.2, 0.25) is 0 Å². The summed E-state index contributed by atoms with van der Waals surface area (Å²) in [6.45, 7) is 3.84. The second-order valence-electron chi connectivity index (χ2n) is 4.54. The summed E-state index contributed by atoms with van der Waals surface area (Å²) in [5.41, 5.74) is 8.18. The number of benzene rings is 1. The molecule has 0 aliphatic heterocycles. The van der Waals surface area contributed by atoms with Crippen LogP contribution in [0.4, 0.5) is 11.5 Å². The molecule has 0 aliphatic rings. The van der Waals surface area contributed by atoms with Crippen LogP contribution < -0.4 is 10.5 Å². The summed E-state index contributed by atoms with van der Waals surface area (Å²) in [4.78, 5) is 4.12. The maximum atomic E-state index is 12.3. The van der Waals surface area contributed by atoms with E-state index in [4.69, 9.17) is 5.73 Å². The van der Waals surface area contributed by atoms with Crippen LogP contribution in [-0.2, 0) is 16.4 Å². The zero-order valence-corrected chi connectivity index (χ0v) is 12.2. The molecule has 1 aromatic heterocycles. The normalized spacial score (nSPS) is 11.3. The van der Waals surface area contributed by atoms with Gasteiger partial charge in [0, 0.05) is 11.9 Å². The first-order chi connectivity index (χ1) is 9.42. The molecule has 0 saturated carbocycles. The van der Waals surface area contributed by atoms with Gasteiger partial charge < -0.3 is 5.73 Å². The van der Waals surface area contributed by atoms with Crippen LogP contribution >= 0.6 is 0 Å². The largest absolute Gasteiger partial charge is 0.398 e. The Bertz CT molecular complexity index is 727. The molecular formula is C14H17N3O2S. The SMILES string of the molecule is CCc1ccc(S(=O)(=O)Nc2cc(C)ccn2)cc1N. The Balaban J connectivity index is 2.33. The van der Waals surface area contributed by atoms with Gasteiger partial charge in [0.25, 0.3) is 10.0 Å². The highest BCUT2D eigenvalue weighted by atomic mass is 32.2. The zero-order chi connectivity index (χ0) is 14.8. The number of aryl methyl sites for hydroxylation is 2. The molecule has 2 aromatic rings. The number of nitrogen functional groups attached to an aromatic ring is 1. The third kappa shape index (κ3) is 3.08. The van der Waals surface area contributed by atoms with Gasteiger partial charge in [0.05, 0.1) is 4.90 Å². The minimum Gasteiger partial charge on any atom is -0.398 e. The average Bonchev–Trinajstić information content (AvgIpc) is 2.38. The number of aromatic nitrogens is 1. The van der Waals surface area contributed by atoms with E-state index in [0.717, 1.165) is 17.5 Å². The standard InChI is InChI=1S/C14H17N3O2S/c1-3-11-4-5-12(9-13(11)15)20(18,19)17-14-8-10(2)6-7-16-14/h4-9H,3,15H2,1-2H3,(H,16,17). The molecule has 0 unspecified atom stereocenters. The summed E-state index contributed by atoms with van der Waals surface area (Å²) in [5.74, 6) is 0.295. The Morgan fingerprint density at radius 2 is 2.00 bits per heavy atom. The van der Waals surface area contributed by atoms with E-state index in [9.17, 15) is 8.42 Å². The second kappa shape index (κ2) is 5.50. The van der Waals surface area contributed by atoms with E-state index < -0.39 is 10.0 Å². The maximum absolute atomic E-state index is 12.3. The molecule has 3 N–H and O–H groups in total. The molecule has 106 valence electrons. The predicted octanol–water partition coefficient (Wildman–Crippen LogP) is 2.34. The van der Waals surface area contributed by atoms with Crippen molar-refractivity contribution in [1.82, 2.24) is 4.98 Å². The minimum atomic E-state index is -3.67. The van der Waals surface area contributed by atoms with Crippen molar-refractivity contribution in [3.8, 4) is 0 Å². The monoisotopic (exact) mass is 291 g/mol. The van der Waals surface area contributed by atoms with Gasteiger partial charge >= 0.3 is 0 Å². The van der Waals surface area contributed by atoms with Gasteiger partial charge in [0.15, 0.2) is 0 Å². The molecule has 0 radical (unpaired) electrons. The third-order valence-corrected chi connectivity index (χ3v) is 4.32. The lowest BCUT2D eigenvalue weighted by Gasteiger charge is -2.10. The number of nitrogens with zero attached hydrogens (tertiary/aromatic N) is 1. The Morgan fingerprint density at radius 1 is 1.25 bits per heavy atom. The quantitative estimate of drug-likeness (QED) is 0.847. The van der Waals surface area contributed by atoms with E-state index in [1.807, 2.05) is 13.8 Å². The Kier molecular flexibility index (Phi) is 3.94. The molecule has 6 heteroatoms. The topological polar surface area (TPSA) is 85.1 Å². The molecule has 2 rings (SSSR count). The Labute approximate surface area is 118 Å². The number of hydrogen-bond donors (Lipinski definition) is 2. The van der Waals surface area contributed by atoms with Crippen LogP contribution in [0, 0.1) is 6.92 Å². The summed E-state index contributed by atoms with van der Waals surface area (Å²) < 4.78 is 27.0. The molecule has 0 bridgehead atoms. The average molecular weight is 291 g/mol. The third-order valence-electron chi connectivity index (χ3n) is 2.96. The summed E-state index contributed by atoms with van der Waals surface area (Å²) in [7, 11) is -3.67. The molecule has 0 atom stereocenters. The van der Waals surface area contributed by atoms with Crippen molar-refractivity contribution in [1.29, 1.82) is 0 Å². The van der Waals surface area contributed by atoms with Gasteiger partial charge in [-0.25, -0.2) is 13.4 Å². The molecule has 0 amide bonds. The van der Waals surface area contributed by atoms with Gasteiger partial charge in [-0.3, -0.25) is 4.72 Å². The fourth-order valence-electron chi connectivity index (χ4n) is 1.85. The molecule has 0 fully saturated rings. The van der Waals surface area contributed by atoms with Crippen molar-refractivity contribution < 1.29 is 8.42 Å². The van der Waals surface area contributed by atoms with Gasteiger partial charge in [-0.2, -0.15) is 0 Å². The molecule has 5 nitrogen and oxygen atoms in total. The fraction of sp³-hybridized carbons (Fsp3) is 0.214. The van der Waals surface area contributed by atoms with Crippen molar-refractivity contribution in [3.63, 3.8) is 0 Å². The van der Waals surface area contributed by atoms with E-state index >= 15 is 0 Å². The number of pyridine rings is 1. The molecule has 0 saturated heterocycles. The summed E-state index contributed by atoms with van der Waals surface area (Å²) in [6, 6.07) is 8.21. The molecule has 1 aromatic carbocycles. The van der Waals surface area contributed by atoms with Crippen LogP contribution in [-0.4, -0.2) is 13.4 Å². The molecule has 20 heavy (non-hydrogen) atoms. The Hall–Kier alpha value is -2.08. The highest BCUT2D eigenvalue weighted by molar-refractivity contribution is 7.92. The van der Waals surface area contributed by atoms with Crippen molar-refractivity contribution in [2.24, 2.45) is 0 Å². The smallest absolute Gasteiger partial charge is 0.263 e. The van der Waals surface area contributed by atoms with Gasteiger partial charge in [-0.05, 0) is 48.7 Å². The van der Waals surface area contributed by atoms with Crippen LogP contribution in [0.3, 0.4) is 0 Å². The van der Waals surface area contributed by atoms with E-state index in [1.165, 1.54) is 6.07 Å². The molecule has 1 heterocycles. The first-order valence-corrected chi connectivity index (χ1v) is 7.74. The van der Waals surface area contributed by atoms with Crippen LogP contribution in [0.15, 0.2) is 41.4 Å². The summed E-state index contributed by atoms with van der Waals surface area (Å²) >= 11 is 0. The molecule has 0 spiro atoms. The van der Waals surface area contributed by atoms with Gasteiger partial charge in [-0.1, -0.05) is 13.0 Å². The van der Waals surface area contributed by atoms with Crippen LogP contribution in [0.25, 0.3) is 0 Å². The highest BCUT2D eigenvalue weighted by Crippen LogP contribution is 2.20. The Morgan fingerprint density at radius 3 is 2.60 bits per heavy atom. The van der Waals surface area contributed by atoms with E-state index in [-0.39, 0.29) is 4.90 Å². The number of hydrogen-bond acceptors (Lipinski definition) is 4. The van der Waals surface area contributed by atoms with Gasteiger partial charge in [0.2, 0.25) is 0 Å². The van der Waals surface area contributed by atoms with Crippen molar-refractivity contribution >= 4 is 21.5 Å². The minimum absolute atomic E-state index is 0.135. The van der Waals surface area contributed by atoms with Gasteiger partial charge in [-0.15, -0.1) is 0 Å². The number of nitrogens with two attached hydrogens (primary N) is 1. The first kappa shape index (κ1) is 14.3. The van der Waals surface area contributed by atoms with E-state index in [2.05, 4.69) is 9.71 Å². The van der Waals surface area contributed by atoms with Crippen molar-refractivity contribution in [2.45, 2.75) is 25.2 Å². The van der Waals surface area contributed by atoms with E-state index in [1.54, 1.807) is 30.5 Å². The number of nitrogens with one attached hydrogen (secondary N) is 1. The zero-order valence-electron chi connectivity index (χ0n) is 11.4. The van der Waals surface area contributed by atoms with Crippen LogP contribution in [0.5, 0.6) is 0 Å². The summed E-state index contributed by atoms with van der Waals surface area (Å²) in [5, 5.41) is 0. The summed E-state index contributed by atoms with van der Waals surface area (Å²) in [6.07, 6.45) is 2.32. The lowest BCUT2D eigenvalue weighted by atomic mass is 10.1. The number of rotatable bonds is 4. The molecule has 0 aliphatic carbocycles. The second-order valence-corrected chi connectivity index (χ2v) is 6.22. The van der Waals surface area contributed by atoms with Crippen LogP contribution in [0.1, 0.15) is 18.1 Å². The van der Waals surface area contributed by atoms with Crippen molar-refractivity contribution in [3.05, 3.63) is 47.7 Å². The van der Waals surface area contributed by atoms with Gasteiger partial charge in [0.1, 0.15) is 5.82 Å².